The van der Waals surface area contributed by atoms with Crippen molar-refractivity contribution >= 4 is 45.2 Å². The van der Waals surface area contributed by atoms with Crippen molar-refractivity contribution in [3.05, 3.63) is 117 Å². The van der Waals surface area contributed by atoms with E-state index in [2.05, 4.69) is 14.4 Å². The third-order valence-electron chi connectivity index (χ3n) is 10.5. The van der Waals surface area contributed by atoms with Gasteiger partial charge in [-0.15, -0.1) is 0 Å². The zero-order chi connectivity index (χ0) is 43.1. The van der Waals surface area contributed by atoms with Crippen LogP contribution in [0, 0.1) is 17.0 Å². The molecule has 1 aliphatic heterocycles. The van der Waals surface area contributed by atoms with E-state index in [0.717, 1.165) is 50.8 Å². The Kier molecular flexibility index (Phi) is 14.8. The van der Waals surface area contributed by atoms with Crippen molar-refractivity contribution in [3.8, 4) is 17.2 Å². The number of halogens is 4. The third-order valence-corrected chi connectivity index (χ3v) is 12.5. The summed E-state index contributed by atoms with van der Waals surface area (Å²) in [5.74, 6) is -1.55. The number of ether oxygens (including phenoxy) is 5. The Hall–Kier alpha value is -4.74. The Balaban J connectivity index is 1.30. The van der Waals surface area contributed by atoms with Gasteiger partial charge in [0.1, 0.15) is 34.0 Å². The van der Waals surface area contributed by atoms with Crippen molar-refractivity contribution in [3.63, 3.8) is 0 Å². The molecule has 1 saturated heterocycles. The molecule has 2 aliphatic rings. The number of likely N-dealkylation sites (N-methyl/N-ethyl adjacent to an activating group) is 1. The first-order valence-electron chi connectivity index (χ1n) is 19.3. The standard InChI is InChI=1S/C42H45Cl2F2N3O10S/c1-4-48-17-16-25(2)38(23-48)58-41(51)39(30-10-5-6-11-34(30)55-3)47-60(53,54)29-9-7-8-28(18-29)40(50)57-36(20-31-32(43)21-49(52)22-33(31)44)27-14-15-35(59-42(45)46)37(19-27)56-24-26-12-13-26/h5-11,14-15,18-19,21-22,25-26,36,38-39,42,47H,4,12-13,16-17,20,23-24H2,1-3H3/t25?,36-,38-,39?/m0/s1. The molecule has 18 heteroatoms. The summed E-state index contributed by atoms with van der Waals surface area (Å²) in [5, 5.41) is 11.9. The van der Waals surface area contributed by atoms with E-state index in [1.54, 1.807) is 24.3 Å². The van der Waals surface area contributed by atoms with Crippen molar-refractivity contribution < 1.29 is 55.2 Å². The molecule has 1 N–H and O–H groups in total. The molecule has 3 aromatic carbocycles. The molecule has 2 heterocycles. The van der Waals surface area contributed by atoms with Crippen LogP contribution in [0.25, 0.3) is 0 Å². The number of carbonyl (C=O) groups excluding carboxylic acids is 2. The molecule has 0 bridgehead atoms. The van der Waals surface area contributed by atoms with Crippen LogP contribution in [0.4, 0.5) is 8.78 Å². The lowest BCUT2D eigenvalue weighted by molar-refractivity contribution is -0.605. The number of nitrogens with zero attached hydrogens (tertiary/aromatic N) is 2. The van der Waals surface area contributed by atoms with Crippen LogP contribution in [0.1, 0.15) is 72.3 Å². The maximum absolute atomic E-state index is 14.1. The van der Waals surface area contributed by atoms with Crippen LogP contribution < -0.4 is 23.7 Å². The number of carbonyl (C=O) groups is 2. The fourth-order valence-electron chi connectivity index (χ4n) is 6.77. The molecule has 0 amide bonds. The summed E-state index contributed by atoms with van der Waals surface area (Å²) in [7, 11) is -3.16. The predicted molar refractivity (Wildman–Crippen MR) is 217 cm³/mol. The molecule has 322 valence electrons. The van der Waals surface area contributed by atoms with Crippen molar-refractivity contribution in [2.75, 3.05) is 33.4 Å². The number of aromatic nitrogens is 1. The molecule has 4 aromatic rings. The monoisotopic (exact) mass is 891 g/mol. The zero-order valence-corrected chi connectivity index (χ0v) is 35.4. The van der Waals surface area contributed by atoms with Gasteiger partial charge in [0.2, 0.25) is 10.0 Å². The molecule has 4 atom stereocenters. The van der Waals surface area contributed by atoms with Crippen LogP contribution in [0.3, 0.4) is 0 Å². The number of pyridine rings is 1. The number of alkyl halides is 2. The summed E-state index contributed by atoms with van der Waals surface area (Å²) in [5.41, 5.74) is 0.519. The lowest BCUT2D eigenvalue weighted by atomic mass is 9.95. The number of benzene rings is 3. The van der Waals surface area contributed by atoms with Gasteiger partial charge in [0.05, 0.1) is 24.2 Å². The van der Waals surface area contributed by atoms with Crippen LogP contribution in [0.2, 0.25) is 10.0 Å². The molecule has 60 heavy (non-hydrogen) atoms. The van der Waals surface area contributed by atoms with Crippen LogP contribution in [0.5, 0.6) is 17.2 Å². The maximum atomic E-state index is 14.1. The first kappa shape index (κ1) is 44.8. The molecule has 1 aromatic heterocycles. The minimum Gasteiger partial charge on any atom is -0.619 e. The van der Waals surface area contributed by atoms with Gasteiger partial charge in [-0.3, -0.25) is 4.90 Å². The summed E-state index contributed by atoms with van der Waals surface area (Å²) in [6.07, 6.45) is 2.85. The molecule has 6 rings (SSSR count). The van der Waals surface area contributed by atoms with E-state index in [4.69, 9.17) is 42.1 Å². The van der Waals surface area contributed by atoms with Gasteiger partial charge in [0.25, 0.3) is 0 Å². The normalized spacial score (nSPS) is 18.1. The van der Waals surface area contributed by atoms with E-state index in [1.807, 2.05) is 13.8 Å². The van der Waals surface area contributed by atoms with Gasteiger partial charge in [0, 0.05) is 24.1 Å². The lowest BCUT2D eigenvalue weighted by Gasteiger charge is -2.36. The summed E-state index contributed by atoms with van der Waals surface area (Å²) in [6.45, 7) is 3.19. The summed E-state index contributed by atoms with van der Waals surface area (Å²) in [6, 6.07) is 14.0. The summed E-state index contributed by atoms with van der Waals surface area (Å²) < 4.78 is 85.8. The predicted octanol–water partition coefficient (Wildman–Crippen LogP) is 7.46. The van der Waals surface area contributed by atoms with Crippen molar-refractivity contribution in [2.45, 2.75) is 69.3 Å². The second-order valence-corrected chi connectivity index (χ2v) is 17.2. The highest BCUT2D eigenvalue weighted by Gasteiger charge is 2.36. The number of piperidine rings is 1. The largest absolute Gasteiger partial charge is 0.619 e. The van der Waals surface area contributed by atoms with Crippen LogP contribution in [-0.4, -0.2) is 71.3 Å². The highest BCUT2D eigenvalue weighted by atomic mass is 35.5. The van der Waals surface area contributed by atoms with Crippen LogP contribution in [0.15, 0.2) is 84.0 Å². The quantitative estimate of drug-likeness (QED) is 0.0601. The first-order valence-corrected chi connectivity index (χ1v) is 21.6. The van der Waals surface area contributed by atoms with Gasteiger partial charge in [-0.05, 0) is 86.1 Å². The third kappa shape index (κ3) is 11.3. The number of nitrogens with one attached hydrogen (secondary N) is 1. The molecule has 0 spiro atoms. The number of hydrogen-bond acceptors (Lipinski definition) is 11. The van der Waals surface area contributed by atoms with E-state index < -0.39 is 46.8 Å². The van der Waals surface area contributed by atoms with Gasteiger partial charge < -0.3 is 28.9 Å². The number of likely N-dealkylation sites (tertiary alicyclic amines) is 1. The smallest absolute Gasteiger partial charge is 0.387 e. The SMILES string of the molecule is CCN1CCC(C)[C@@H](OC(=O)C(NS(=O)(=O)c2cccc(C(=O)O[C@@H](Cc3c(Cl)c[n+]([O-])cc3Cl)c3ccc(OC(F)F)c(OCC4CC4)c3)c2)c2ccccc2OC)C1. The maximum Gasteiger partial charge on any atom is 0.387 e. The van der Waals surface area contributed by atoms with E-state index in [1.165, 1.54) is 43.5 Å². The topological polar surface area (TPSA) is 157 Å². The second kappa shape index (κ2) is 19.8. The second-order valence-electron chi connectivity index (χ2n) is 14.7. The average Bonchev–Trinajstić information content (AvgIpc) is 4.06. The Morgan fingerprint density at radius 2 is 1.72 bits per heavy atom. The Labute approximate surface area is 357 Å². The van der Waals surface area contributed by atoms with E-state index in [0.29, 0.717) is 11.3 Å². The van der Waals surface area contributed by atoms with Gasteiger partial charge in [-0.25, -0.2) is 18.0 Å². The zero-order valence-electron chi connectivity index (χ0n) is 33.0. The average molecular weight is 893 g/mol. The highest BCUT2D eigenvalue weighted by Crippen LogP contribution is 2.38. The Bertz CT molecular complexity index is 2260. The molecular formula is C42H45Cl2F2N3O10S. The number of hydrogen-bond donors (Lipinski definition) is 1. The fourth-order valence-corrected chi connectivity index (χ4v) is 8.58. The van der Waals surface area contributed by atoms with Crippen molar-refractivity contribution in [1.82, 2.24) is 9.62 Å². The van der Waals surface area contributed by atoms with Gasteiger partial charge >= 0.3 is 18.6 Å². The lowest BCUT2D eigenvalue weighted by Crippen LogP contribution is -2.46. The van der Waals surface area contributed by atoms with E-state index >= 15 is 0 Å². The number of methoxy groups -OCH3 is 1. The highest BCUT2D eigenvalue weighted by molar-refractivity contribution is 7.89. The van der Waals surface area contributed by atoms with Gasteiger partial charge in [-0.1, -0.05) is 67.4 Å². The van der Waals surface area contributed by atoms with Gasteiger partial charge in [0.15, 0.2) is 23.9 Å². The van der Waals surface area contributed by atoms with E-state index in [9.17, 15) is 32.0 Å². The number of rotatable bonds is 18. The van der Waals surface area contributed by atoms with Crippen molar-refractivity contribution in [2.24, 2.45) is 11.8 Å². The van der Waals surface area contributed by atoms with Crippen molar-refractivity contribution in [1.29, 1.82) is 0 Å². The van der Waals surface area contributed by atoms with E-state index in [-0.39, 0.29) is 79.3 Å². The van der Waals surface area contributed by atoms with Crippen LogP contribution in [-0.2, 0) is 30.7 Å². The molecule has 1 aliphatic carbocycles. The molecule has 2 unspecified atom stereocenters. The number of esters is 2. The molecule has 0 radical (unpaired) electrons. The van der Waals surface area contributed by atoms with Crippen LogP contribution >= 0.6 is 23.2 Å². The molecule has 2 fully saturated rings. The fraction of sp³-hybridized carbons (Fsp3) is 0.405. The number of para-hydroxylation sites is 1. The Morgan fingerprint density at radius 3 is 2.40 bits per heavy atom. The summed E-state index contributed by atoms with van der Waals surface area (Å²) >= 11 is 12.8. The summed E-state index contributed by atoms with van der Waals surface area (Å²) in [4.78, 5) is 29.7. The number of sulfonamides is 1. The molecule has 13 nitrogen and oxygen atoms in total. The minimum atomic E-state index is -4.56. The molecular weight excluding hydrogens is 847 g/mol. The molecule has 1 saturated carbocycles. The Morgan fingerprint density at radius 1 is 0.983 bits per heavy atom. The minimum absolute atomic E-state index is 0.0219. The first-order chi connectivity index (χ1) is 28.6. The van der Waals surface area contributed by atoms with Gasteiger partial charge in [-0.2, -0.15) is 18.2 Å².